The van der Waals surface area contributed by atoms with Crippen molar-refractivity contribution in [1.82, 2.24) is 9.38 Å². The number of hydrogen-bond donors (Lipinski definition) is 1. The summed E-state index contributed by atoms with van der Waals surface area (Å²) in [4.78, 5) is 4.68. The van der Waals surface area contributed by atoms with Gasteiger partial charge in [-0.3, -0.25) is 0 Å². The average Bonchev–Trinajstić information content (AvgIpc) is 3.06. The molecule has 0 bridgehead atoms. The smallest absolute Gasteiger partial charge is 0.137 e. The number of benzene rings is 2. The summed E-state index contributed by atoms with van der Waals surface area (Å²) in [5.41, 5.74) is 7.14. The van der Waals surface area contributed by atoms with Crippen LogP contribution in [0.1, 0.15) is 11.1 Å². The summed E-state index contributed by atoms with van der Waals surface area (Å²) in [5.74, 6) is 0. The zero-order chi connectivity index (χ0) is 17.4. The monoisotopic (exact) mass is 348 g/mol. The van der Waals surface area contributed by atoms with E-state index in [9.17, 15) is 5.11 Å². The van der Waals surface area contributed by atoms with Gasteiger partial charge in [-0.05, 0) is 59.5 Å². The van der Waals surface area contributed by atoms with Crippen LogP contribution in [-0.2, 0) is 6.61 Å². The van der Waals surface area contributed by atoms with Crippen LogP contribution in [-0.4, -0.2) is 14.5 Å². The SMILES string of the molecule is Cc1ccc(CO)cc1-c1ccc2nc(-c3ccc(Cl)cc3)cn2c1. The molecule has 2 heterocycles. The van der Waals surface area contributed by atoms with Crippen molar-refractivity contribution >= 4 is 17.2 Å². The van der Waals surface area contributed by atoms with Gasteiger partial charge < -0.3 is 9.51 Å². The van der Waals surface area contributed by atoms with Crippen LogP contribution in [0.5, 0.6) is 0 Å². The highest BCUT2D eigenvalue weighted by Gasteiger charge is 2.08. The standard InChI is InChI=1S/C21H17ClN2O/c1-14-2-3-15(13-25)10-19(14)17-6-9-21-23-20(12-24(21)11-17)16-4-7-18(22)8-5-16/h2-12,25H,13H2,1H3. The molecule has 1 N–H and O–H groups in total. The molecule has 4 heteroatoms. The van der Waals surface area contributed by atoms with Gasteiger partial charge in [-0.15, -0.1) is 0 Å². The molecule has 3 nitrogen and oxygen atoms in total. The fraction of sp³-hybridized carbons (Fsp3) is 0.0952. The van der Waals surface area contributed by atoms with Gasteiger partial charge in [0.15, 0.2) is 0 Å². The Kier molecular flexibility index (Phi) is 4.04. The Balaban J connectivity index is 1.79. The number of imidazole rings is 1. The van der Waals surface area contributed by atoms with Gasteiger partial charge in [0.1, 0.15) is 5.65 Å². The number of aliphatic hydroxyl groups is 1. The van der Waals surface area contributed by atoms with Gasteiger partial charge in [-0.2, -0.15) is 0 Å². The zero-order valence-corrected chi connectivity index (χ0v) is 14.5. The van der Waals surface area contributed by atoms with E-state index < -0.39 is 0 Å². The molecule has 0 aliphatic heterocycles. The van der Waals surface area contributed by atoms with Crippen LogP contribution in [0.15, 0.2) is 67.0 Å². The number of aryl methyl sites for hydroxylation is 1. The minimum absolute atomic E-state index is 0.0430. The second kappa shape index (κ2) is 6.36. The molecule has 2 aromatic heterocycles. The second-order valence-electron chi connectivity index (χ2n) is 6.12. The summed E-state index contributed by atoms with van der Waals surface area (Å²) in [6.07, 6.45) is 4.10. The van der Waals surface area contributed by atoms with E-state index in [1.807, 2.05) is 59.1 Å². The van der Waals surface area contributed by atoms with Gasteiger partial charge in [0.25, 0.3) is 0 Å². The predicted octanol–water partition coefficient (Wildman–Crippen LogP) is 5.12. The van der Waals surface area contributed by atoms with Crippen molar-refractivity contribution in [2.75, 3.05) is 0 Å². The number of nitrogens with zero attached hydrogens (tertiary/aromatic N) is 2. The molecule has 0 unspecified atom stereocenters. The number of pyridine rings is 1. The minimum Gasteiger partial charge on any atom is -0.392 e. The summed E-state index contributed by atoms with van der Waals surface area (Å²) in [7, 11) is 0. The normalized spacial score (nSPS) is 11.2. The van der Waals surface area contributed by atoms with Gasteiger partial charge in [-0.25, -0.2) is 4.98 Å². The fourth-order valence-corrected chi connectivity index (χ4v) is 3.12. The zero-order valence-electron chi connectivity index (χ0n) is 13.8. The van der Waals surface area contributed by atoms with Crippen LogP contribution in [0.3, 0.4) is 0 Å². The topological polar surface area (TPSA) is 37.5 Å². The first-order chi connectivity index (χ1) is 12.1. The Morgan fingerprint density at radius 2 is 1.72 bits per heavy atom. The van der Waals surface area contributed by atoms with Crippen molar-refractivity contribution in [2.45, 2.75) is 13.5 Å². The van der Waals surface area contributed by atoms with Crippen molar-refractivity contribution in [3.63, 3.8) is 0 Å². The van der Waals surface area contributed by atoms with Crippen LogP contribution in [0.4, 0.5) is 0 Å². The molecule has 0 amide bonds. The predicted molar refractivity (Wildman–Crippen MR) is 102 cm³/mol. The molecule has 0 fully saturated rings. The van der Waals surface area contributed by atoms with Gasteiger partial charge >= 0.3 is 0 Å². The third kappa shape index (κ3) is 3.04. The van der Waals surface area contributed by atoms with E-state index in [0.29, 0.717) is 5.02 Å². The first-order valence-electron chi connectivity index (χ1n) is 8.09. The number of aliphatic hydroxyl groups excluding tert-OH is 1. The molecule has 2 aromatic carbocycles. The van der Waals surface area contributed by atoms with Crippen LogP contribution < -0.4 is 0 Å². The lowest BCUT2D eigenvalue weighted by Gasteiger charge is -2.08. The van der Waals surface area contributed by atoms with E-state index in [1.165, 1.54) is 5.56 Å². The number of hydrogen-bond acceptors (Lipinski definition) is 2. The Hall–Kier alpha value is -2.62. The first kappa shape index (κ1) is 15.9. The summed E-state index contributed by atoms with van der Waals surface area (Å²) < 4.78 is 2.03. The Labute approximate surface area is 151 Å². The molecule has 124 valence electrons. The van der Waals surface area contributed by atoms with Crippen LogP contribution in [0.2, 0.25) is 5.02 Å². The maximum atomic E-state index is 9.40. The molecule has 0 aliphatic rings. The Morgan fingerprint density at radius 1 is 0.960 bits per heavy atom. The minimum atomic E-state index is 0.0430. The van der Waals surface area contributed by atoms with E-state index in [4.69, 9.17) is 11.6 Å². The van der Waals surface area contributed by atoms with Crippen molar-refractivity contribution in [3.8, 4) is 22.4 Å². The molecular weight excluding hydrogens is 332 g/mol. The van der Waals surface area contributed by atoms with E-state index in [-0.39, 0.29) is 6.61 Å². The van der Waals surface area contributed by atoms with Gasteiger partial charge in [0.05, 0.1) is 12.3 Å². The van der Waals surface area contributed by atoms with E-state index in [2.05, 4.69) is 24.2 Å². The highest BCUT2D eigenvalue weighted by Crippen LogP contribution is 2.27. The summed E-state index contributed by atoms with van der Waals surface area (Å²) in [6.45, 7) is 2.12. The lowest BCUT2D eigenvalue weighted by molar-refractivity contribution is 0.282. The summed E-state index contributed by atoms with van der Waals surface area (Å²) in [5, 5.41) is 10.1. The van der Waals surface area contributed by atoms with Crippen molar-refractivity contribution in [1.29, 1.82) is 0 Å². The molecule has 4 rings (SSSR count). The Morgan fingerprint density at radius 3 is 2.48 bits per heavy atom. The van der Waals surface area contributed by atoms with Crippen molar-refractivity contribution in [2.24, 2.45) is 0 Å². The first-order valence-corrected chi connectivity index (χ1v) is 8.47. The molecule has 0 radical (unpaired) electrons. The van der Waals surface area contributed by atoms with Crippen LogP contribution in [0, 0.1) is 6.92 Å². The molecular formula is C21H17ClN2O. The average molecular weight is 349 g/mol. The van der Waals surface area contributed by atoms with Crippen LogP contribution >= 0.6 is 11.6 Å². The lowest BCUT2D eigenvalue weighted by atomic mass is 9.99. The van der Waals surface area contributed by atoms with Gasteiger partial charge in [-0.1, -0.05) is 35.9 Å². The van der Waals surface area contributed by atoms with Gasteiger partial charge in [0.2, 0.25) is 0 Å². The highest BCUT2D eigenvalue weighted by molar-refractivity contribution is 6.30. The second-order valence-corrected chi connectivity index (χ2v) is 6.56. The molecule has 25 heavy (non-hydrogen) atoms. The molecule has 0 spiro atoms. The maximum absolute atomic E-state index is 9.40. The third-order valence-corrected chi connectivity index (χ3v) is 4.64. The highest BCUT2D eigenvalue weighted by atomic mass is 35.5. The third-order valence-electron chi connectivity index (χ3n) is 4.39. The largest absolute Gasteiger partial charge is 0.392 e. The molecule has 0 saturated heterocycles. The van der Waals surface area contributed by atoms with E-state index in [1.54, 1.807) is 0 Å². The lowest BCUT2D eigenvalue weighted by Crippen LogP contribution is -1.91. The Bertz CT molecular complexity index is 1050. The van der Waals surface area contributed by atoms with E-state index >= 15 is 0 Å². The number of fused-ring (bicyclic) bond motifs is 1. The maximum Gasteiger partial charge on any atom is 0.137 e. The van der Waals surface area contributed by atoms with Gasteiger partial charge in [0, 0.05) is 23.0 Å². The van der Waals surface area contributed by atoms with Crippen molar-refractivity contribution in [3.05, 3.63) is 83.1 Å². The molecule has 0 aliphatic carbocycles. The number of rotatable bonds is 3. The number of aromatic nitrogens is 2. The fourth-order valence-electron chi connectivity index (χ4n) is 2.99. The molecule has 4 aromatic rings. The van der Waals surface area contributed by atoms with E-state index in [0.717, 1.165) is 33.6 Å². The molecule has 0 atom stereocenters. The summed E-state index contributed by atoms with van der Waals surface area (Å²) >= 11 is 5.96. The number of halogens is 1. The molecule has 0 saturated carbocycles. The summed E-state index contributed by atoms with van der Waals surface area (Å²) in [6, 6.07) is 17.8. The van der Waals surface area contributed by atoms with Crippen molar-refractivity contribution < 1.29 is 5.11 Å². The quantitative estimate of drug-likeness (QED) is 0.557. The van der Waals surface area contributed by atoms with Crippen LogP contribution in [0.25, 0.3) is 28.0 Å².